The van der Waals surface area contributed by atoms with Crippen molar-refractivity contribution in [2.24, 2.45) is 5.14 Å². The zero-order valence-electron chi connectivity index (χ0n) is 12.5. The van der Waals surface area contributed by atoms with Gasteiger partial charge in [-0.2, -0.15) is 0 Å². The molecule has 0 saturated carbocycles. The summed E-state index contributed by atoms with van der Waals surface area (Å²) in [4.78, 5) is 23.5. The fourth-order valence-electron chi connectivity index (χ4n) is 2.08. The average molecular weight is 328 g/mol. The van der Waals surface area contributed by atoms with E-state index in [0.29, 0.717) is 12.0 Å². The first-order valence-electron chi connectivity index (χ1n) is 6.73. The number of nitrogens with one attached hydrogen (secondary N) is 1. The number of nitrogens with two attached hydrogens (primary N) is 1. The Morgan fingerprint density at radius 3 is 2.50 bits per heavy atom. The lowest BCUT2D eigenvalue weighted by Gasteiger charge is -2.25. The number of hydrogen-bond acceptors (Lipinski definition) is 4. The summed E-state index contributed by atoms with van der Waals surface area (Å²) in [6.45, 7) is 3.25. The molecule has 0 aromatic heterocycles. The van der Waals surface area contributed by atoms with Crippen molar-refractivity contribution in [2.75, 3.05) is 0 Å². The van der Waals surface area contributed by atoms with Crippen LogP contribution < -0.4 is 10.5 Å². The Bertz CT molecular complexity index is 672. The van der Waals surface area contributed by atoms with E-state index in [1.807, 2.05) is 6.92 Å². The molecule has 0 aliphatic rings. The highest BCUT2D eigenvalue weighted by Crippen LogP contribution is 2.15. The maximum atomic E-state index is 12.2. The molecule has 122 valence electrons. The summed E-state index contributed by atoms with van der Waals surface area (Å²) >= 11 is 0. The zero-order chi connectivity index (χ0) is 17.0. The second-order valence-corrected chi connectivity index (χ2v) is 6.96. The molecule has 7 nitrogen and oxygen atoms in total. The monoisotopic (exact) mass is 328 g/mol. The van der Waals surface area contributed by atoms with Gasteiger partial charge in [0, 0.05) is 5.56 Å². The average Bonchev–Trinajstić information content (AvgIpc) is 2.37. The lowest BCUT2D eigenvalue weighted by atomic mass is 9.95. The first kappa shape index (κ1) is 18.1. The van der Waals surface area contributed by atoms with E-state index in [9.17, 15) is 23.1 Å². The van der Waals surface area contributed by atoms with Crippen molar-refractivity contribution >= 4 is 21.9 Å². The number of sulfonamides is 1. The summed E-state index contributed by atoms with van der Waals surface area (Å²) in [6.07, 6.45) is 0.874. The molecule has 4 N–H and O–H groups in total. The third-order valence-corrected chi connectivity index (χ3v) is 3.90. The maximum absolute atomic E-state index is 12.2. The highest BCUT2D eigenvalue weighted by Gasteiger charge is 2.34. The molecule has 1 atom stereocenters. The van der Waals surface area contributed by atoms with Crippen LogP contribution in [0, 0.1) is 0 Å². The van der Waals surface area contributed by atoms with Crippen LogP contribution in [0.4, 0.5) is 0 Å². The van der Waals surface area contributed by atoms with Crippen LogP contribution in [0.3, 0.4) is 0 Å². The molecule has 0 bridgehead atoms. The smallest absolute Gasteiger partial charge is 0.329 e. The molecule has 0 spiro atoms. The van der Waals surface area contributed by atoms with Gasteiger partial charge < -0.3 is 10.4 Å². The number of rotatable bonds is 7. The van der Waals surface area contributed by atoms with Gasteiger partial charge in [-0.1, -0.05) is 25.5 Å². The summed E-state index contributed by atoms with van der Waals surface area (Å²) in [6, 6.07) is 5.92. The van der Waals surface area contributed by atoms with Gasteiger partial charge in [0.1, 0.15) is 5.54 Å². The Morgan fingerprint density at radius 2 is 2.00 bits per heavy atom. The molecule has 0 saturated heterocycles. The molecule has 1 aromatic rings. The predicted molar refractivity (Wildman–Crippen MR) is 81.7 cm³/mol. The minimum absolute atomic E-state index is 0.185. The molecule has 1 rings (SSSR count). The van der Waals surface area contributed by atoms with Gasteiger partial charge in [0.15, 0.2) is 0 Å². The number of primary sulfonamides is 1. The lowest BCUT2D eigenvalue weighted by Crippen LogP contribution is -2.52. The van der Waals surface area contributed by atoms with Gasteiger partial charge in [-0.3, -0.25) is 4.79 Å². The standard InChI is InChI=1S/C14H20N2O5S/c1-3-7-14(2,13(18)19)16-12(17)11-6-4-5-10(8-11)9-22(15,20)21/h4-6,8H,3,7,9H2,1-2H3,(H,16,17)(H,18,19)(H2,15,20,21). The zero-order valence-corrected chi connectivity index (χ0v) is 13.3. The second kappa shape index (κ2) is 6.89. The van der Waals surface area contributed by atoms with E-state index >= 15 is 0 Å². The van der Waals surface area contributed by atoms with E-state index in [4.69, 9.17) is 5.14 Å². The number of carbonyl (C=O) groups is 2. The highest BCUT2D eigenvalue weighted by atomic mass is 32.2. The molecule has 1 amide bonds. The van der Waals surface area contributed by atoms with Crippen molar-refractivity contribution in [3.63, 3.8) is 0 Å². The number of aliphatic carboxylic acids is 1. The van der Waals surface area contributed by atoms with Crippen LogP contribution >= 0.6 is 0 Å². The van der Waals surface area contributed by atoms with Crippen molar-refractivity contribution in [1.82, 2.24) is 5.32 Å². The van der Waals surface area contributed by atoms with Crippen LogP contribution in [0.25, 0.3) is 0 Å². The second-order valence-electron chi connectivity index (χ2n) is 5.35. The largest absolute Gasteiger partial charge is 0.480 e. The molecule has 0 aliphatic heterocycles. The van der Waals surface area contributed by atoms with E-state index in [1.54, 1.807) is 0 Å². The van der Waals surface area contributed by atoms with Crippen molar-refractivity contribution in [3.8, 4) is 0 Å². The van der Waals surface area contributed by atoms with Gasteiger partial charge in [0.2, 0.25) is 10.0 Å². The molecular formula is C14H20N2O5S. The first-order valence-corrected chi connectivity index (χ1v) is 8.44. The number of carbonyl (C=O) groups excluding carboxylic acids is 1. The van der Waals surface area contributed by atoms with Crippen LogP contribution in [0.5, 0.6) is 0 Å². The van der Waals surface area contributed by atoms with Gasteiger partial charge >= 0.3 is 5.97 Å². The molecule has 1 unspecified atom stereocenters. The summed E-state index contributed by atoms with van der Waals surface area (Å²) in [5.74, 6) is -2.09. The maximum Gasteiger partial charge on any atom is 0.329 e. The molecular weight excluding hydrogens is 308 g/mol. The Balaban J connectivity index is 2.98. The SMILES string of the molecule is CCCC(C)(NC(=O)c1cccc(CS(N)(=O)=O)c1)C(=O)O. The summed E-state index contributed by atoms with van der Waals surface area (Å²) in [7, 11) is -3.70. The normalized spacial score (nSPS) is 14.1. The number of amides is 1. The minimum Gasteiger partial charge on any atom is -0.480 e. The van der Waals surface area contributed by atoms with Gasteiger partial charge in [-0.05, 0) is 31.0 Å². The molecule has 22 heavy (non-hydrogen) atoms. The summed E-state index contributed by atoms with van der Waals surface area (Å²) < 4.78 is 22.2. The van der Waals surface area contributed by atoms with Crippen molar-refractivity contribution in [3.05, 3.63) is 35.4 Å². The molecule has 8 heteroatoms. The molecule has 0 aliphatic carbocycles. The third-order valence-electron chi connectivity index (χ3n) is 3.17. The van der Waals surface area contributed by atoms with Crippen LogP contribution in [-0.4, -0.2) is 30.9 Å². The lowest BCUT2D eigenvalue weighted by molar-refractivity contribution is -0.144. The topological polar surface area (TPSA) is 127 Å². The van der Waals surface area contributed by atoms with Crippen LogP contribution in [0.2, 0.25) is 0 Å². The number of carboxylic acid groups (broad SMARTS) is 1. The van der Waals surface area contributed by atoms with E-state index in [2.05, 4.69) is 5.32 Å². The fraction of sp³-hybridized carbons (Fsp3) is 0.429. The molecule has 0 fully saturated rings. The third kappa shape index (κ3) is 5.12. The van der Waals surface area contributed by atoms with E-state index in [-0.39, 0.29) is 17.7 Å². The molecule has 0 radical (unpaired) electrons. The highest BCUT2D eigenvalue weighted by molar-refractivity contribution is 7.88. The van der Waals surface area contributed by atoms with Gasteiger partial charge in [-0.25, -0.2) is 18.4 Å². The fourth-order valence-corrected chi connectivity index (χ4v) is 2.72. The first-order chi connectivity index (χ1) is 10.1. The van der Waals surface area contributed by atoms with Gasteiger partial charge in [-0.15, -0.1) is 0 Å². The van der Waals surface area contributed by atoms with E-state index in [1.165, 1.54) is 31.2 Å². The number of hydrogen-bond donors (Lipinski definition) is 3. The summed E-state index contributed by atoms with van der Waals surface area (Å²) in [5.41, 5.74) is -0.825. The Hall–Kier alpha value is -1.93. The van der Waals surface area contributed by atoms with Gasteiger partial charge in [0.05, 0.1) is 5.75 Å². The van der Waals surface area contributed by atoms with Crippen LogP contribution in [-0.2, 0) is 20.6 Å². The number of carboxylic acids is 1. The van der Waals surface area contributed by atoms with E-state index in [0.717, 1.165) is 0 Å². The van der Waals surface area contributed by atoms with Crippen molar-refractivity contribution in [1.29, 1.82) is 0 Å². The predicted octanol–water partition coefficient (Wildman–Crippen LogP) is 0.848. The Labute approximate surface area is 129 Å². The Morgan fingerprint density at radius 1 is 1.36 bits per heavy atom. The van der Waals surface area contributed by atoms with Gasteiger partial charge in [0.25, 0.3) is 5.91 Å². The number of benzene rings is 1. The molecule has 1 aromatic carbocycles. The van der Waals surface area contributed by atoms with Crippen LogP contribution in [0.1, 0.15) is 42.6 Å². The quantitative estimate of drug-likeness (QED) is 0.684. The van der Waals surface area contributed by atoms with Crippen molar-refractivity contribution in [2.45, 2.75) is 38.0 Å². The van der Waals surface area contributed by atoms with Crippen molar-refractivity contribution < 1.29 is 23.1 Å². The van der Waals surface area contributed by atoms with E-state index < -0.39 is 27.4 Å². The Kier molecular flexibility index (Phi) is 5.67. The minimum atomic E-state index is -3.70. The van der Waals surface area contributed by atoms with Crippen LogP contribution in [0.15, 0.2) is 24.3 Å². The summed E-state index contributed by atoms with van der Waals surface area (Å²) in [5, 5.41) is 16.7. The molecule has 0 heterocycles.